The van der Waals surface area contributed by atoms with Gasteiger partial charge in [0.25, 0.3) is 0 Å². The number of H-pyrrole nitrogens is 1. The van der Waals surface area contributed by atoms with E-state index in [4.69, 9.17) is 0 Å². The molecule has 0 radical (unpaired) electrons. The highest BCUT2D eigenvalue weighted by molar-refractivity contribution is 6.15. The summed E-state index contributed by atoms with van der Waals surface area (Å²) in [6, 6.07) is 4.07. The maximum Gasteiger partial charge on any atom is 0.240 e. The van der Waals surface area contributed by atoms with Gasteiger partial charge in [0, 0.05) is 17.7 Å². The van der Waals surface area contributed by atoms with Gasteiger partial charge in [-0.3, -0.25) is 9.59 Å². The van der Waals surface area contributed by atoms with Crippen molar-refractivity contribution in [1.82, 2.24) is 29.7 Å². The molecule has 6 rings (SSSR count). The van der Waals surface area contributed by atoms with E-state index in [9.17, 15) is 14.0 Å². The summed E-state index contributed by atoms with van der Waals surface area (Å²) in [6.07, 6.45) is 2.67. The Kier molecular flexibility index (Phi) is 3.06. The first kappa shape index (κ1) is 16.8. The first-order chi connectivity index (χ1) is 14.5. The molecule has 0 unspecified atom stereocenters. The minimum atomic E-state index is -1.38. The molecule has 10 nitrogen and oxygen atoms in total. The molecular formula is C19H13FN8O2. The monoisotopic (exact) mass is 404 g/mol. The molecule has 2 aliphatic rings. The van der Waals surface area contributed by atoms with Gasteiger partial charge in [-0.05, 0) is 30.7 Å². The van der Waals surface area contributed by atoms with E-state index in [1.165, 1.54) is 35.5 Å². The number of amides is 2. The van der Waals surface area contributed by atoms with Gasteiger partial charge in [0.15, 0.2) is 11.5 Å². The lowest BCUT2D eigenvalue weighted by molar-refractivity contribution is -0.125. The summed E-state index contributed by atoms with van der Waals surface area (Å²) in [5, 5.41) is 10.2. The lowest BCUT2D eigenvalue weighted by Gasteiger charge is -2.32. The van der Waals surface area contributed by atoms with Crippen LogP contribution in [0.1, 0.15) is 23.2 Å². The number of carbonyl (C=O) groups excluding carboxylic acids is 2. The zero-order chi connectivity index (χ0) is 20.6. The maximum absolute atomic E-state index is 14.1. The SMILES string of the molecule is Cc1nn(-c2ncnc3nc[nH]c23)c2c1[C@@]1(CC(=O)N2)C(=O)Nc2ccc(F)cc21. The number of fused-ring (bicyclic) bond motifs is 5. The summed E-state index contributed by atoms with van der Waals surface area (Å²) in [5.41, 5.74) is 1.51. The van der Waals surface area contributed by atoms with Gasteiger partial charge in [0.1, 0.15) is 28.9 Å². The van der Waals surface area contributed by atoms with E-state index in [-0.39, 0.29) is 12.3 Å². The van der Waals surface area contributed by atoms with E-state index in [1.54, 1.807) is 6.92 Å². The fraction of sp³-hybridized carbons (Fsp3) is 0.158. The number of aromatic amines is 1. The quantitative estimate of drug-likeness (QED) is 0.441. The molecule has 30 heavy (non-hydrogen) atoms. The molecule has 1 aromatic carbocycles. The molecule has 2 aliphatic heterocycles. The largest absolute Gasteiger partial charge is 0.340 e. The van der Waals surface area contributed by atoms with Crippen molar-refractivity contribution in [3.8, 4) is 5.82 Å². The van der Waals surface area contributed by atoms with Crippen LogP contribution in [-0.2, 0) is 15.0 Å². The van der Waals surface area contributed by atoms with Gasteiger partial charge in [0.2, 0.25) is 11.8 Å². The summed E-state index contributed by atoms with van der Waals surface area (Å²) < 4.78 is 15.6. The third-order valence-electron chi connectivity index (χ3n) is 5.65. The molecule has 5 heterocycles. The zero-order valence-electron chi connectivity index (χ0n) is 15.5. The summed E-state index contributed by atoms with van der Waals surface area (Å²) in [6.45, 7) is 1.74. The van der Waals surface area contributed by atoms with Crippen LogP contribution in [0.3, 0.4) is 0 Å². The predicted octanol–water partition coefficient (Wildman–Crippen LogP) is 1.57. The fourth-order valence-electron chi connectivity index (χ4n) is 4.48. The number of benzene rings is 1. The Hall–Kier alpha value is -4.15. The molecule has 0 saturated heterocycles. The molecule has 2 amide bonds. The maximum atomic E-state index is 14.1. The number of hydrogen-bond donors (Lipinski definition) is 3. The molecule has 1 atom stereocenters. The second-order valence-electron chi connectivity index (χ2n) is 7.29. The highest BCUT2D eigenvalue weighted by Crippen LogP contribution is 2.51. The van der Waals surface area contributed by atoms with Crippen LogP contribution in [0.4, 0.5) is 15.9 Å². The number of hydrogen-bond acceptors (Lipinski definition) is 6. The molecule has 0 bridgehead atoms. The number of anilines is 2. The highest BCUT2D eigenvalue weighted by Gasteiger charge is 2.55. The van der Waals surface area contributed by atoms with Gasteiger partial charge >= 0.3 is 0 Å². The van der Waals surface area contributed by atoms with Crippen LogP contribution in [0, 0.1) is 12.7 Å². The number of nitrogens with zero attached hydrogens (tertiary/aromatic N) is 5. The van der Waals surface area contributed by atoms with Crippen molar-refractivity contribution in [1.29, 1.82) is 0 Å². The lowest BCUT2D eigenvalue weighted by Crippen LogP contribution is -2.44. The molecule has 0 saturated carbocycles. The van der Waals surface area contributed by atoms with Crippen LogP contribution in [0.5, 0.6) is 0 Å². The summed E-state index contributed by atoms with van der Waals surface area (Å²) in [5.74, 6) is -0.582. The molecule has 3 N–H and O–H groups in total. The minimum Gasteiger partial charge on any atom is -0.340 e. The van der Waals surface area contributed by atoms with Gasteiger partial charge in [-0.15, -0.1) is 0 Å². The molecular weight excluding hydrogens is 391 g/mol. The first-order valence-electron chi connectivity index (χ1n) is 9.15. The Bertz CT molecular complexity index is 1410. The van der Waals surface area contributed by atoms with Crippen LogP contribution in [0.2, 0.25) is 0 Å². The number of halogens is 1. The van der Waals surface area contributed by atoms with E-state index in [2.05, 4.69) is 35.7 Å². The number of aromatic nitrogens is 6. The zero-order valence-corrected chi connectivity index (χ0v) is 15.5. The Balaban J connectivity index is 1.68. The lowest BCUT2D eigenvalue weighted by atomic mass is 9.70. The van der Waals surface area contributed by atoms with Crippen molar-refractivity contribution in [2.45, 2.75) is 18.8 Å². The average Bonchev–Trinajstić information content (AvgIpc) is 3.39. The average molecular weight is 404 g/mol. The fourth-order valence-corrected chi connectivity index (χ4v) is 4.48. The number of imidazole rings is 1. The molecule has 1 spiro atoms. The van der Waals surface area contributed by atoms with Gasteiger partial charge in [-0.25, -0.2) is 19.3 Å². The summed E-state index contributed by atoms with van der Waals surface area (Å²) in [7, 11) is 0. The van der Waals surface area contributed by atoms with E-state index < -0.39 is 17.1 Å². The van der Waals surface area contributed by atoms with Crippen molar-refractivity contribution in [2.24, 2.45) is 0 Å². The highest BCUT2D eigenvalue weighted by atomic mass is 19.1. The smallest absolute Gasteiger partial charge is 0.240 e. The second-order valence-corrected chi connectivity index (χ2v) is 7.29. The van der Waals surface area contributed by atoms with Crippen molar-refractivity contribution < 1.29 is 14.0 Å². The van der Waals surface area contributed by atoms with Gasteiger partial charge in [-0.2, -0.15) is 9.78 Å². The Labute approximate surface area is 167 Å². The van der Waals surface area contributed by atoms with Gasteiger partial charge in [0.05, 0.1) is 12.0 Å². The summed E-state index contributed by atoms with van der Waals surface area (Å²) >= 11 is 0. The van der Waals surface area contributed by atoms with Crippen LogP contribution in [0.15, 0.2) is 30.9 Å². The standard InChI is InChI=1S/C19H13FN8O2/c1-8-13-16(28(27-8)17-14-15(22-6-21-14)23-7-24-17)26-12(29)5-19(13)10-4-9(20)2-3-11(10)25-18(19)30/h2-4,6-7H,5H2,1H3,(H,25,30)(H,26,29)(H,21,22,23,24)/t19-/m0/s1. The third kappa shape index (κ3) is 1.95. The van der Waals surface area contributed by atoms with Crippen LogP contribution >= 0.6 is 0 Å². The van der Waals surface area contributed by atoms with Crippen molar-refractivity contribution >= 4 is 34.5 Å². The Morgan fingerprint density at radius 1 is 1.17 bits per heavy atom. The number of aryl methyl sites for hydroxylation is 1. The van der Waals surface area contributed by atoms with Crippen LogP contribution < -0.4 is 10.6 Å². The number of carbonyl (C=O) groups is 2. The van der Waals surface area contributed by atoms with Crippen molar-refractivity contribution in [3.05, 3.63) is 53.5 Å². The Morgan fingerprint density at radius 2 is 2.03 bits per heavy atom. The van der Waals surface area contributed by atoms with Crippen LogP contribution in [0.25, 0.3) is 17.0 Å². The topological polar surface area (TPSA) is 130 Å². The Morgan fingerprint density at radius 3 is 2.90 bits per heavy atom. The van der Waals surface area contributed by atoms with E-state index in [1.807, 2.05) is 0 Å². The normalized spacial score (nSPS) is 19.7. The third-order valence-corrected chi connectivity index (χ3v) is 5.65. The molecule has 4 aromatic rings. The van der Waals surface area contributed by atoms with Gasteiger partial charge < -0.3 is 15.6 Å². The second kappa shape index (κ2) is 5.47. The van der Waals surface area contributed by atoms with Gasteiger partial charge in [-0.1, -0.05) is 0 Å². The molecule has 148 valence electrons. The first-order valence-corrected chi connectivity index (χ1v) is 9.15. The van der Waals surface area contributed by atoms with Crippen LogP contribution in [-0.4, -0.2) is 41.5 Å². The molecule has 3 aromatic heterocycles. The number of nitrogens with one attached hydrogen (secondary N) is 3. The predicted molar refractivity (Wildman–Crippen MR) is 103 cm³/mol. The van der Waals surface area contributed by atoms with E-state index >= 15 is 0 Å². The van der Waals surface area contributed by atoms with Crippen molar-refractivity contribution in [3.63, 3.8) is 0 Å². The minimum absolute atomic E-state index is 0.155. The molecule has 11 heteroatoms. The summed E-state index contributed by atoms with van der Waals surface area (Å²) in [4.78, 5) is 41.4. The van der Waals surface area contributed by atoms with Crippen molar-refractivity contribution in [2.75, 3.05) is 10.6 Å². The van der Waals surface area contributed by atoms with E-state index in [0.717, 1.165) is 0 Å². The molecule has 0 aliphatic carbocycles. The molecule has 0 fully saturated rings. The number of rotatable bonds is 1. The van der Waals surface area contributed by atoms with E-state index in [0.29, 0.717) is 45.3 Å².